The molecule has 0 spiro atoms. The van der Waals surface area contributed by atoms with Gasteiger partial charge >= 0.3 is 5.97 Å². The maximum absolute atomic E-state index is 10.8. The molecule has 3 unspecified atom stereocenters. The van der Waals surface area contributed by atoms with Crippen LogP contribution in [0.2, 0.25) is 0 Å². The second-order valence-electron chi connectivity index (χ2n) is 6.34. The molecule has 2 aliphatic rings. The molecule has 108 valence electrons. The van der Waals surface area contributed by atoms with E-state index in [9.17, 15) is 4.79 Å². The first-order valence-corrected chi connectivity index (χ1v) is 7.78. The van der Waals surface area contributed by atoms with E-state index in [2.05, 4.69) is 5.32 Å². The summed E-state index contributed by atoms with van der Waals surface area (Å²) in [7, 11) is 0. The predicted molar refractivity (Wildman–Crippen MR) is 78.7 cm³/mol. The Bertz CT molecular complexity index is 468. The number of carboxylic acid groups (broad SMARTS) is 1. The van der Waals surface area contributed by atoms with Crippen molar-refractivity contribution in [3.05, 3.63) is 35.4 Å². The van der Waals surface area contributed by atoms with Crippen LogP contribution in [0.15, 0.2) is 24.3 Å². The smallest absolute Gasteiger partial charge is 0.335 e. The fraction of sp³-hybridized carbons (Fsp3) is 0.588. The van der Waals surface area contributed by atoms with Crippen LogP contribution in [0.4, 0.5) is 0 Å². The highest BCUT2D eigenvalue weighted by molar-refractivity contribution is 5.87. The molecule has 2 N–H and O–H groups in total. The average molecular weight is 273 g/mol. The van der Waals surface area contributed by atoms with Crippen LogP contribution >= 0.6 is 0 Å². The van der Waals surface area contributed by atoms with Gasteiger partial charge in [0.2, 0.25) is 0 Å². The van der Waals surface area contributed by atoms with Gasteiger partial charge in [-0.15, -0.1) is 0 Å². The van der Waals surface area contributed by atoms with Gasteiger partial charge in [0.1, 0.15) is 0 Å². The van der Waals surface area contributed by atoms with Crippen molar-refractivity contribution < 1.29 is 9.90 Å². The van der Waals surface area contributed by atoms with Gasteiger partial charge in [-0.25, -0.2) is 4.79 Å². The summed E-state index contributed by atoms with van der Waals surface area (Å²) in [6, 6.07) is 7.85. The largest absolute Gasteiger partial charge is 0.478 e. The van der Waals surface area contributed by atoms with E-state index in [1.54, 1.807) is 12.1 Å². The predicted octanol–water partition coefficient (Wildman–Crippen LogP) is 3.44. The van der Waals surface area contributed by atoms with Gasteiger partial charge in [0.15, 0.2) is 0 Å². The van der Waals surface area contributed by atoms with Crippen LogP contribution in [0.3, 0.4) is 0 Å². The molecule has 0 saturated heterocycles. The first kappa shape index (κ1) is 13.6. The van der Waals surface area contributed by atoms with Crippen molar-refractivity contribution >= 4 is 5.97 Å². The molecule has 2 saturated carbocycles. The van der Waals surface area contributed by atoms with Crippen LogP contribution in [0.5, 0.6) is 0 Å². The Morgan fingerprint density at radius 2 is 1.85 bits per heavy atom. The molecule has 3 rings (SSSR count). The number of rotatable bonds is 4. The van der Waals surface area contributed by atoms with Crippen molar-refractivity contribution in [3.63, 3.8) is 0 Å². The minimum atomic E-state index is -0.857. The van der Waals surface area contributed by atoms with E-state index < -0.39 is 5.97 Å². The lowest BCUT2D eigenvalue weighted by molar-refractivity contribution is 0.0697. The number of fused-ring (bicyclic) bond motifs is 1. The normalized spacial score (nSPS) is 29.1. The summed E-state index contributed by atoms with van der Waals surface area (Å²) in [6.45, 7) is 0.849. The van der Waals surface area contributed by atoms with Gasteiger partial charge in [-0.1, -0.05) is 31.4 Å². The van der Waals surface area contributed by atoms with Crippen molar-refractivity contribution in [2.75, 3.05) is 0 Å². The fourth-order valence-corrected chi connectivity index (χ4v) is 3.92. The Balaban J connectivity index is 1.50. The standard InChI is InChI=1S/C17H23NO2/c19-17(20)14-6-4-12(5-7-14)11-18-16-9-8-13-2-1-3-15(13)10-16/h4-7,13,15-16,18H,1-3,8-11H2,(H,19,20). The monoisotopic (exact) mass is 273 g/mol. The van der Waals surface area contributed by atoms with Crippen molar-refractivity contribution in [1.29, 1.82) is 0 Å². The van der Waals surface area contributed by atoms with E-state index in [-0.39, 0.29) is 0 Å². The Labute approximate surface area is 120 Å². The molecule has 1 aromatic rings. The topological polar surface area (TPSA) is 49.3 Å². The van der Waals surface area contributed by atoms with Crippen molar-refractivity contribution in [3.8, 4) is 0 Å². The Morgan fingerprint density at radius 3 is 2.60 bits per heavy atom. The molecule has 2 fully saturated rings. The zero-order chi connectivity index (χ0) is 13.9. The number of hydrogen-bond acceptors (Lipinski definition) is 2. The lowest BCUT2D eigenvalue weighted by atomic mass is 9.79. The summed E-state index contributed by atoms with van der Waals surface area (Å²) < 4.78 is 0. The van der Waals surface area contributed by atoms with E-state index in [1.165, 1.54) is 44.1 Å². The van der Waals surface area contributed by atoms with Crippen LogP contribution in [-0.4, -0.2) is 17.1 Å². The third kappa shape index (κ3) is 3.04. The molecule has 1 aromatic carbocycles. The summed E-state index contributed by atoms with van der Waals surface area (Å²) in [5, 5.41) is 12.5. The molecule has 2 aliphatic carbocycles. The van der Waals surface area contributed by atoms with Crippen molar-refractivity contribution in [2.45, 2.75) is 51.1 Å². The van der Waals surface area contributed by atoms with Crippen molar-refractivity contribution in [1.82, 2.24) is 5.32 Å². The molecule has 3 nitrogen and oxygen atoms in total. The molecule has 20 heavy (non-hydrogen) atoms. The summed E-state index contributed by atoms with van der Waals surface area (Å²) in [5.74, 6) is 1.10. The quantitative estimate of drug-likeness (QED) is 0.883. The van der Waals surface area contributed by atoms with Crippen LogP contribution in [0.1, 0.15) is 54.4 Å². The van der Waals surface area contributed by atoms with Crippen LogP contribution < -0.4 is 5.32 Å². The Morgan fingerprint density at radius 1 is 1.10 bits per heavy atom. The number of carbonyl (C=O) groups is 1. The van der Waals surface area contributed by atoms with Crippen molar-refractivity contribution in [2.24, 2.45) is 11.8 Å². The lowest BCUT2D eigenvalue weighted by Gasteiger charge is -2.32. The molecule has 0 bridgehead atoms. The summed E-state index contributed by atoms with van der Waals surface area (Å²) in [6.07, 6.45) is 8.33. The number of hydrogen-bond donors (Lipinski definition) is 2. The number of aromatic carboxylic acids is 1. The fourth-order valence-electron chi connectivity index (χ4n) is 3.92. The molecule has 0 radical (unpaired) electrons. The van der Waals surface area contributed by atoms with E-state index >= 15 is 0 Å². The molecule has 3 heteroatoms. The van der Waals surface area contributed by atoms with E-state index in [1.807, 2.05) is 12.1 Å². The zero-order valence-corrected chi connectivity index (χ0v) is 11.8. The summed E-state index contributed by atoms with van der Waals surface area (Å²) in [5.41, 5.74) is 1.53. The number of benzene rings is 1. The van der Waals surface area contributed by atoms with E-state index in [4.69, 9.17) is 5.11 Å². The summed E-state index contributed by atoms with van der Waals surface area (Å²) in [4.78, 5) is 10.8. The van der Waals surface area contributed by atoms with Gasteiger partial charge in [-0.05, 0) is 48.8 Å². The van der Waals surface area contributed by atoms with Gasteiger partial charge in [-0.3, -0.25) is 0 Å². The van der Waals surface area contributed by atoms with Gasteiger partial charge in [0, 0.05) is 12.6 Å². The molecule has 3 atom stereocenters. The Hall–Kier alpha value is -1.35. The van der Waals surface area contributed by atoms with Gasteiger partial charge in [0.05, 0.1) is 5.56 Å². The Kier molecular flexibility index (Phi) is 4.06. The SMILES string of the molecule is O=C(O)c1ccc(CNC2CCC3CCCC3C2)cc1. The van der Waals surface area contributed by atoms with Crippen LogP contribution in [-0.2, 0) is 6.54 Å². The van der Waals surface area contributed by atoms with Gasteiger partial charge in [0.25, 0.3) is 0 Å². The minimum Gasteiger partial charge on any atom is -0.478 e. The zero-order valence-electron chi connectivity index (χ0n) is 11.8. The van der Waals surface area contributed by atoms with Gasteiger partial charge in [-0.2, -0.15) is 0 Å². The van der Waals surface area contributed by atoms with Crippen LogP contribution in [0, 0.1) is 11.8 Å². The highest BCUT2D eigenvalue weighted by Gasteiger charge is 2.33. The first-order chi connectivity index (χ1) is 9.72. The van der Waals surface area contributed by atoms with Gasteiger partial charge < -0.3 is 10.4 Å². The maximum atomic E-state index is 10.8. The second kappa shape index (κ2) is 5.96. The summed E-state index contributed by atoms with van der Waals surface area (Å²) >= 11 is 0. The molecular formula is C17H23NO2. The number of carboxylic acids is 1. The highest BCUT2D eigenvalue weighted by Crippen LogP contribution is 2.42. The second-order valence-corrected chi connectivity index (χ2v) is 6.34. The van der Waals surface area contributed by atoms with E-state index in [0.29, 0.717) is 11.6 Å². The molecule has 0 aromatic heterocycles. The molecule has 0 heterocycles. The lowest BCUT2D eigenvalue weighted by Crippen LogP contribution is -2.35. The maximum Gasteiger partial charge on any atom is 0.335 e. The van der Waals surface area contributed by atoms with Crippen LogP contribution in [0.25, 0.3) is 0 Å². The third-order valence-corrected chi connectivity index (χ3v) is 5.09. The average Bonchev–Trinajstić information content (AvgIpc) is 2.93. The van der Waals surface area contributed by atoms with E-state index in [0.717, 1.165) is 18.4 Å². The highest BCUT2D eigenvalue weighted by atomic mass is 16.4. The molecule has 0 amide bonds. The third-order valence-electron chi connectivity index (χ3n) is 5.09. The first-order valence-electron chi connectivity index (χ1n) is 7.78. The minimum absolute atomic E-state index is 0.361. The number of nitrogens with one attached hydrogen (secondary N) is 1. The molecular weight excluding hydrogens is 250 g/mol. The molecule has 0 aliphatic heterocycles.